The summed E-state index contributed by atoms with van der Waals surface area (Å²) in [5.41, 5.74) is 0. The SMILES string of the molecule is CC(C)C1CN(C(=O)NC2CCCCC2)C(C(C)C)CN1. The maximum atomic E-state index is 12.7. The summed E-state index contributed by atoms with van der Waals surface area (Å²) in [4.78, 5) is 14.8. The lowest BCUT2D eigenvalue weighted by atomic mass is 9.94. The Morgan fingerprint density at radius 2 is 1.76 bits per heavy atom. The van der Waals surface area contributed by atoms with Gasteiger partial charge in [-0.2, -0.15) is 0 Å². The minimum absolute atomic E-state index is 0.160. The summed E-state index contributed by atoms with van der Waals surface area (Å²) < 4.78 is 0. The zero-order valence-corrected chi connectivity index (χ0v) is 14.2. The van der Waals surface area contributed by atoms with Crippen LogP contribution in [0.4, 0.5) is 4.79 Å². The van der Waals surface area contributed by atoms with Crippen LogP contribution >= 0.6 is 0 Å². The molecule has 0 bridgehead atoms. The molecule has 2 N–H and O–H groups in total. The van der Waals surface area contributed by atoms with Crippen LogP contribution in [0.15, 0.2) is 0 Å². The van der Waals surface area contributed by atoms with Crippen LogP contribution in [-0.4, -0.2) is 42.1 Å². The van der Waals surface area contributed by atoms with Gasteiger partial charge in [0.25, 0.3) is 0 Å². The van der Waals surface area contributed by atoms with Crippen LogP contribution in [0.25, 0.3) is 0 Å². The van der Waals surface area contributed by atoms with Gasteiger partial charge in [-0.1, -0.05) is 47.0 Å². The van der Waals surface area contributed by atoms with Gasteiger partial charge in [0.05, 0.1) is 0 Å². The molecule has 1 saturated carbocycles. The van der Waals surface area contributed by atoms with Crippen molar-refractivity contribution in [2.75, 3.05) is 13.1 Å². The number of piperazine rings is 1. The third kappa shape index (κ3) is 4.35. The van der Waals surface area contributed by atoms with Gasteiger partial charge in [0.15, 0.2) is 0 Å². The van der Waals surface area contributed by atoms with Gasteiger partial charge < -0.3 is 15.5 Å². The quantitative estimate of drug-likeness (QED) is 0.840. The number of hydrogen-bond acceptors (Lipinski definition) is 2. The Bertz CT molecular complexity index is 337. The lowest BCUT2D eigenvalue weighted by Gasteiger charge is -2.44. The van der Waals surface area contributed by atoms with Crippen molar-refractivity contribution in [2.45, 2.75) is 77.9 Å². The van der Waals surface area contributed by atoms with Crippen LogP contribution in [0, 0.1) is 11.8 Å². The molecule has 21 heavy (non-hydrogen) atoms. The Hall–Kier alpha value is -0.770. The van der Waals surface area contributed by atoms with E-state index in [0.29, 0.717) is 30.0 Å². The zero-order chi connectivity index (χ0) is 15.4. The van der Waals surface area contributed by atoms with Gasteiger partial charge in [0, 0.05) is 31.2 Å². The number of nitrogens with one attached hydrogen (secondary N) is 2. The summed E-state index contributed by atoms with van der Waals surface area (Å²) in [7, 11) is 0. The summed E-state index contributed by atoms with van der Waals surface area (Å²) in [6, 6.07) is 1.28. The molecule has 1 saturated heterocycles. The smallest absolute Gasteiger partial charge is 0.317 e. The van der Waals surface area contributed by atoms with E-state index in [0.717, 1.165) is 25.9 Å². The maximum Gasteiger partial charge on any atom is 0.317 e. The molecular weight excluding hydrogens is 262 g/mol. The number of amides is 2. The second-order valence-corrected chi connectivity index (χ2v) is 7.51. The van der Waals surface area contributed by atoms with Crippen LogP contribution in [0.2, 0.25) is 0 Å². The van der Waals surface area contributed by atoms with Crippen molar-refractivity contribution in [1.82, 2.24) is 15.5 Å². The van der Waals surface area contributed by atoms with Gasteiger partial charge in [-0.15, -0.1) is 0 Å². The molecule has 2 aliphatic rings. The third-order valence-corrected chi connectivity index (χ3v) is 5.15. The molecule has 2 amide bonds. The van der Waals surface area contributed by atoms with Crippen LogP contribution in [0.5, 0.6) is 0 Å². The summed E-state index contributed by atoms with van der Waals surface area (Å²) in [5, 5.41) is 6.91. The molecule has 4 nitrogen and oxygen atoms in total. The highest BCUT2D eigenvalue weighted by Gasteiger charge is 2.34. The summed E-state index contributed by atoms with van der Waals surface area (Å²) in [6.45, 7) is 10.6. The Labute approximate surface area is 130 Å². The highest BCUT2D eigenvalue weighted by molar-refractivity contribution is 5.75. The summed E-state index contributed by atoms with van der Waals surface area (Å²) >= 11 is 0. The molecule has 1 aliphatic carbocycles. The van der Waals surface area contributed by atoms with Gasteiger partial charge >= 0.3 is 6.03 Å². The van der Waals surface area contributed by atoms with Crippen LogP contribution in [0.3, 0.4) is 0 Å². The molecule has 0 aromatic heterocycles. The Balaban J connectivity index is 1.98. The molecule has 2 atom stereocenters. The first-order valence-electron chi connectivity index (χ1n) is 8.79. The van der Waals surface area contributed by atoms with Crippen molar-refractivity contribution in [1.29, 1.82) is 0 Å². The van der Waals surface area contributed by atoms with E-state index in [2.05, 4.69) is 43.2 Å². The van der Waals surface area contributed by atoms with E-state index in [9.17, 15) is 4.79 Å². The van der Waals surface area contributed by atoms with Gasteiger partial charge in [-0.3, -0.25) is 0 Å². The van der Waals surface area contributed by atoms with Crippen molar-refractivity contribution in [3.05, 3.63) is 0 Å². The molecule has 0 spiro atoms. The van der Waals surface area contributed by atoms with E-state index in [1.807, 2.05) is 0 Å². The standard InChI is InChI=1S/C17H33N3O/c1-12(2)15-11-20(16(10-18-15)13(3)4)17(21)19-14-8-6-5-7-9-14/h12-16,18H,5-11H2,1-4H3,(H,19,21). The van der Waals surface area contributed by atoms with Crippen molar-refractivity contribution in [2.24, 2.45) is 11.8 Å². The third-order valence-electron chi connectivity index (χ3n) is 5.15. The van der Waals surface area contributed by atoms with Crippen LogP contribution in [0.1, 0.15) is 59.8 Å². The molecule has 0 radical (unpaired) electrons. The van der Waals surface area contributed by atoms with Crippen LogP contribution < -0.4 is 10.6 Å². The predicted molar refractivity (Wildman–Crippen MR) is 87.4 cm³/mol. The normalized spacial score (nSPS) is 28.2. The first kappa shape index (κ1) is 16.6. The van der Waals surface area contributed by atoms with Gasteiger partial charge in [0.2, 0.25) is 0 Å². The van der Waals surface area contributed by atoms with Gasteiger partial charge in [-0.05, 0) is 24.7 Å². The van der Waals surface area contributed by atoms with Crippen molar-refractivity contribution in [3.8, 4) is 0 Å². The largest absolute Gasteiger partial charge is 0.335 e. The topological polar surface area (TPSA) is 44.4 Å². The lowest BCUT2D eigenvalue weighted by Crippen LogP contribution is -2.63. The Kier molecular flexibility index (Phi) is 5.91. The van der Waals surface area contributed by atoms with E-state index in [1.165, 1.54) is 19.3 Å². The molecule has 1 aliphatic heterocycles. The van der Waals surface area contributed by atoms with Crippen molar-refractivity contribution < 1.29 is 4.79 Å². The minimum Gasteiger partial charge on any atom is -0.335 e. The van der Waals surface area contributed by atoms with E-state index in [-0.39, 0.29) is 6.03 Å². The van der Waals surface area contributed by atoms with E-state index >= 15 is 0 Å². The fraction of sp³-hybridized carbons (Fsp3) is 0.941. The summed E-state index contributed by atoms with van der Waals surface area (Å²) in [6.07, 6.45) is 6.14. The monoisotopic (exact) mass is 295 g/mol. The molecular formula is C17H33N3O. The Morgan fingerprint density at radius 1 is 1.10 bits per heavy atom. The number of hydrogen-bond donors (Lipinski definition) is 2. The second kappa shape index (κ2) is 7.48. The minimum atomic E-state index is 0.160. The number of urea groups is 1. The van der Waals surface area contributed by atoms with Crippen molar-refractivity contribution in [3.63, 3.8) is 0 Å². The first-order chi connectivity index (χ1) is 9.99. The molecule has 0 aromatic rings. The number of carbonyl (C=O) groups excluding carboxylic acids is 1. The molecule has 2 unspecified atom stereocenters. The van der Waals surface area contributed by atoms with Crippen molar-refractivity contribution >= 4 is 6.03 Å². The molecule has 2 fully saturated rings. The van der Waals surface area contributed by atoms with E-state index < -0.39 is 0 Å². The predicted octanol–water partition coefficient (Wildman–Crippen LogP) is 2.98. The number of rotatable bonds is 3. The highest BCUT2D eigenvalue weighted by Crippen LogP contribution is 2.21. The lowest BCUT2D eigenvalue weighted by molar-refractivity contribution is 0.103. The highest BCUT2D eigenvalue weighted by atomic mass is 16.2. The number of carbonyl (C=O) groups is 1. The first-order valence-corrected chi connectivity index (χ1v) is 8.79. The molecule has 122 valence electrons. The fourth-order valence-corrected chi connectivity index (χ4v) is 3.57. The molecule has 0 aromatic carbocycles. The summed E-state index contributed by atoms with van der Waals surface area (Å²) in [5.74, 6) is 1.05. The van der Waals surface area contributed by atoms with Crippen LogP contribution in [-0.2, 0) is 0 Å². The average Bonchev–Trinajstić information content (AvgIpc) is 2.47. The maximum absolute atomic E-state index is 12.7. The molecule has 4 heteroatoms. The fourth-order valence-electron chi connectivity index (χ4n) is 3.57. The zero-order valence-electron chi connectivity index (χ0n) is 14.2. The van der Waals surface area contributed by atoms with Gasteiger partial charge in [-0.25, -0.2) is 4.79 Å². The van der Waals surface area contributed by atoms with E-state index in [1.54, 1.807) is 0 Å². The Morgan fingerprint density at radius 3 is 2.33 bits per heavy atom. The number of nitrogens with zero attached hydrogens (tertiary/aromatic N) is 1. The molecule has 1 heterocycles. The molecule has 2 rings (SSSR count). The second-order valence-electron chi connectivity index (χ2n) is 7.51. The van der Waals surface area contributed by atoms with E-state index in [4.69, 9.17) is 0 Å². The van der Waals surface area contributed by atoms with Gasteiger partial charge in [0.1, 0.15) is 0 Å². The average molecular weight is 295 g/mol.